The predicted molar refractivity (Wildman–Crippen MR) is 150 cm³/mol. The number of anilines is 1. The topological polar surface area (TPSA) is 112 Å². The first-order valence-corrected chi connectivity index (χ1v) is 12.9. The van der Waals surface area contributed by atoms with Crippen LogP contribution in [0.3, 0.4) is 0 Å². The molecule has 0 atom stereocenters. The van der Waals surface area contributed by atoms with Crippen molar-refractivity contribution in [3.63, 3.8) is 0 Å². The molecule has 10 heteroatoms. The Balaban J connectivity index is 1.28. The van der Waals surface area contributed by atoms with Crippen LogP contribution in [0.15, 0.2) is 83.9 Å². The van der Waals surface area contributed by atoms with Gasteiger partial charge >= 0.3 is 0 Å². The molecular weight excluding hydrogens is 527 g/mol. The van der Waals surface area contributed by atoms with E-state index in [2.05, 4.69) is 15.3 Å². The zero-order chi connectivity index (χ0) is 28.5. The molecule has 0 unspecified atom stereocenters. The first-order chi connectivity index (χ1) is 19.9. The van der Waals surface area contributed by atoms with E-state index in [-0.39, 0.29) is 34.8 Å². The molecule has 0 radical (unpaired) electrons. The zero-order valence-electron chi connectivity index (χ0n) is 21.9. The number of carbonyl (C=O) groups is 2. The molecule has 2 aromatic carbocycles. The molecule has 1 N–H and O–H groups in total. The molecule has 0 fully saturated rings. The molecule has 0 saturated heterocycles. The van der Waals surface area contributed by atoms with Crippen molar-refractivity contribution in [1.29, 1.82) is 0 Å². The SMILES string of the molecule is COc1ccc2c(Oc3ccc(NC(=O)c4cc5c(n(-c6ccccc6F)c4=O)CCCC5=O)nc3)ccnc2c1. The fraction of sp³-hybridized carbons (Fsp3) is 0.129. The van der Waals surface area contributed by atoms with Gasteiger partial charge in [-0.05, 0) is 61.4 Å². The van der Waals surface area contributed by atoms with E-state index in [4.69, 9.17) is 9.47 Å². The Hall–Kier alpha value is -5.38. The van der Waals surface area contributed by atoms with Gasteiger partial charge in [0.2, 0.25) is 0 Å². The maximum Gasteiger partial charge on any atom is 0.268 e. The van der Waals surface area contributed by atoms with Crippen LogP contribution in [0.1, 0.15) is 39.3 Å². The molecule has 0 aliphatic heterocycles. The number of hydrogen-bond acceptors (Lipinski definition) is 7. The van der Waals surface area contributed by atoms with E-state index in [1.165, 1.54) is 36.5 Å². The number of amides is 1. The fourth-order valence-electron chi connectivity index (χ4n) is 4.89. The highest BCUT2D eigenvalue weighted by atomic mass is 19.1. The Morgan fingerprint density at radius 1 is 0.976 bits per heavy atom. The molecule has 41 heavy (non-hydrogen) atoms. The summed E-state index contributed by atoms with van der Waals surface area (Å²) in [6.07, 6.45) is 4.28. The van der Waals surface area contributed by atoms with Crippen LogP contribution in [0.5, 0.6) is 17.2 Å². The van der Waals surface area contributed by atoms with Crippen molar-refractivity contribution in [3.05, 3.63) is 112 Å². The lowest BCUT2D eigenvalue weighted by atomic mass is 9.92. The Bertz CT molecular complexity index is 1890. The maximum atomic E-state index is 14.7. The minimum atomic E-state index is -0.767. The lowest BCUT2D eigenvalue weighted by Gasteiger charge is -2.22. The zero-order valence-corrected chi connectivity index (χ0v) is 21.9. The number of carbonyl (C=O) groups excluding carboxylic acids is 2. The highest BCUT2D eigenvalue weighted by Gasteiger charge is 2.27. The van der Waals surface area contributed by atoms with Gasteiger partial charge in [-0.2, -0.15) is 0 Å². The van der Waals surface area contributed by atoms with Gasteiger partial charge in [-0.25, -0.2) is 9.37 Å². The smallest absolute Gasteiger partial charge is 0.268 e. The first kappa shape index (κ1) is 25.9. The average Bonchev–Trinajstić information content (AvgIpc) is 2.98. The summed E-state index contributed by atoms with van der Waals surface area (Å²) in [7, 11) is 1.58. The van der Waals surface area contributed by atoms with Gasteiger partial charge in [-0.3, -0.25) is 23.9 Å². The van der Waals surface area contributed by atoms with Crippen molar-refractivity contribution in [2.45, 2.75) is 19.3 Å². The van der Waals surface area contributed by atoms with E-state index >= 15 is 0 Å². The molecule has 1 amide bonds. The monoisotopic (exact) mass is 550 g/mol. The van der Waals surface area contributed by atoms with Crippen LogP contribution in [-0.2, 0) is 6.42 Å². The first-order valence-electron chi connectivity index (χ1n) is 12.9. The molecule has 9 nitrogen and oxygen atoms in total. The van der Waals surface area contributed by atoms with Crippen LogP contribution < -0.4 is 20.3 Å². The predicted octanol–water partition coefficient (Wildman–Crippen LogP) is 5.49. The molecule has 3 heterocycles. The second-order valence-electron chi connectivity index (χ2n) is 9.41. The van der Waals surface area contributed by atoms with Crippen LogP contribution in [0, 0.1) is 5.82 Å². The van der Waals surface area contributed by atoms with Gasteiger partial charge in [0.05, 0.1) is 24.5 Å². The number of hydrogen-bond donors (Lipinski definition) is 1. The summed E-state index contributed by atoms with van der Waals surface area (Å²) >= 11 is 0. The Labute approximate surface area is 233 Å². The minimum Gasteiger partial charge on any atom is -0.497 e. The fourth-order valence-corrected chi connectivity index (χ4v) is 4.89. The van der Waals surface area contributed by atoms with Gasteiger partial charge in [-0.15, -0.1) is 0 Å². The van der Waals surface area contributed by atoms with Crippen molar-refractivity contribution in [2.75, 3.05) is 12.4 Å². The van der Waals surface area contributed by atoms with Gasteiger partial charge in [0.25, 0.3) is 11.5 Å². The van der Waals surface area contributed by atoms with Crippen molar-refractivity contribution < 1.29 is 23.5 Å². The number of ether oxygens (including phenoxy) is 2. The Morgan fingerprint density at radius 2 is 1.80 bits per heavy atom. The number of aromatic nitrogens is 3. The van der Waals surface area contributed by atoms with E-state index in [1.807, 2.05) is 12.1 Å². The number of nitrogens with one attached hydrogen (secondary N) is 1. The summed E-state index contributed by atoms with van der Waals surface area (Å²) in [4.78, 5) is 48.1. The number of ketones is 1. The number of para-hydroxylation sites is 1. The Morgan fingerprint density at radius 3 is 2.59 bits per heavy atom. The molecule has 3 aromatic heterocycles. The van der Waals surface area contributed by atoms with E-state index in [0.717, 1.165) is 9.95 Å². The quantitative estimate of drug-likeness (QED) is 0.297. The highest BCUT2D eigenvalue weighted by molar-refractivity contribution is 6.06. The second kappa shape index (κ2) is 10.6. The summed E-state index contributed by atoms with van der Waals surface area (Å²) in [6, 6.07) is 17.4. The van der Waals surface area contributed by atoms with Gasteiger partial charge in [0, 0.05) is 35.3 Å². The Kier molecular flexibility index (Phi) is 6.72. The largest absolute Gasteiger partial charge is 0.497 e. The molecule has 1 aliphatic carbocycles. The van der Waals surface area contributed by atoms with Crippen LogP contribution in [0.25, 0.3) is 16.6 Å². The number of pyridine rings is 3. The van der Waals surface area contributed by atoms with E-state index in [1.54, 1.807) is 37.6 Å². The highest BCUT2D eigenvalue weighted by Crippen LogP contribution is 2.31. The van der Waals surface area contributed by atoms with Crippen LogP contribution >= 0.6 is 0 Å². The molecule has 5 aromatic rings. The van der Waals surface area contributed by atoms with Crippen molar-refractivity contribution in [2.24, 2.45) is 0 Å². The van der Waals surface area contributed by atoms with E-state index < -0.39 is 17.3 Å². The summed E-state index contributed by atoms with van der Waals surface area (Å²) < 4.78 is 27.1. The number of methoxy groups -OCH3 is 1. The number of halogens is 1. The summed E-state index contributed by atoms with van der Waals surface area (Å²) in [5.41, 5.74) is 0.311. The number of nitrogens with zero attached hydrogens (tertiary/aromatic N) is 3. The second-order valence-corrected chi connectivity index (χ2v) is 9.41. The molecule has 204 valence electrons. The lowest BCUT2D eigenvalue weighted by molar-refractivity contribution is 0.0971. The molecule has 0 saturated carbocycles. The van der Waals surface area contributed by atoms with Crippen molar-refractivity contribution >= 4 is 28.4 Å². The van der Waals surface area contributed by atoms with Gasteiger partial charge in [0.15, 0.2) is 5.78 Å². The normalized spacial score (nSPS) is 12.6. The van der Waals surface area contributed by atoms with Crippen LogP contribution in [-0.4, -0.2) is 33.3 Å². The molecule has 1 aliphatic rings. The maximum absolute atomic E-state index is 14.7. The van der Waals surface area contributed by atoms with Gasteiger partial charge < -0.3 is 14.8 Å². The molecular formula is C31H23FN4O5. The summed E-state index contributed by atoms with van der Waals surface area (Å²) in [5.74, 6) is 0.200. The molecule has 0 bridgehead atoms. The summed E-state index contributed by atoms with van der Waals surface area (Å²) in [5, 5.41) is 3.38. The number of rotatable bonds is 6. The standard InChI is InChI=1S/C31H23FN4O5/c1-40-18-9-11-20-24(15-18)33-14-13-28(20)41-19-10-12-29(34-17-19)35-30(38)22-16-21-25(7-4-8-27(21)37)36(31(22)39)26-6-3-2-5-23(26)32/h2-3,5-6,9-17H,4,7-8H2,1H3,(H,34,35,38). The van der Waals surface area contributed by atoms with Crippen molar-refractivity contribution in [3.8, 4) is 22.9 Å². The minimum absolute atomic E-state index is 0.0141. The lowest BCUT2D eigenvalue weighted by Crippen LogP contribution is -2.34. The summed E-state index contributed by atoms with van der Waals surface area (Å²) in [6.45, 7) is 0. The number of benzene rings is 2. The van der Waals surface area contributed by atoms with Gasteiger partial charge in [-0.1, -0.05) is 12.1 Å². The third-order valence-corrected chi connectivity index (χ3v) is 6.87. The third-order valence-electron chi connectivity index (χ3n) is 6.87. The van der Waals surface area contributed by atoms with E-state index in [9.17, 15) is 18.8 Å². The number of fused-ring (bicyclic) bond motifs is 2. The average molecular weight is 551 g/mol. The third kappa shape index (κ3) is 4.91. The molecule has 0 spiro atoms. The number of Topliss-reactive ketones (excluding diaryl/α,β-unsaturated/α-hetero) is 1. The van der Waals surface area contributed by atoms with Crippen molar-refractivity contribution in [1.82, 2.24) is 14.5 Å². The van der Waals surface area contributed by atoms with Crippen LogP contribution in [0.2, 0.25) is 0 Å². The van der Waals surface area contributed by atoms with Gasteiger partial charge in [0.1, 0.15) is 34.4 Å². The van der Waals surface area contributed by atoms with Crippen LogP contribution in [0.4, 0.5) is 10.2 Å². The van der Waals surface area contributed by atoms with E-state index in [0.29, 0.717) is 41.3 Å². The molecule has 6 rings (SSSR count).